The molecule has 1 N–H and O–H groups in total. The van der Waals surface area contributed by atoms with Crippen LogP contribution in [0.25, 0.3) is 0 Å². The number of carbonyl (C=O) groups is 1. The fraction of sp³-hybridized carbons (Fsp3) is 0.353. The molecule has 3 nitrogen and oxygen atoms in total. The molecule has 0 aliphatic carbocycles. The van der Waals surface area contributed by atoms with Crippen LogP contribution < -0.4 is 5.32 Å². The summed E-state index contributed by atoms with van der Waals surface area (Å²) in [6.07, 6.45) is 0. The molecule has 20 heavy (non-hydrogen) atoms. The highest BCUT2D eigenvalue weighted by molar-refractivity contribution is 6.05. The predicted octanol–water partition coefficient (Wildman–Crippen LogP) is 4.02. The Morgan fingerprint density at radius 3 is 2.20 bits per heavy atom. The third-order valence-corrected chi connectivity index (χ3v) is 3.86. The summed E-state index contributed by atoms with van der Waals surface area (Å²) in [7, 11) is 1.97. The lowest BCUT2D eigenvalue weighted by atomic mass is 10.0. The Balaban J connectivity index is 2.17. The van der Waals surface area contributed by atoms with Crippen LogP contribution in [-0.2, 0) is 7.05 Å². The van der Waals surface area contributed by atoms with Crippen molar-refractivity contribution in [2.24, 2.45) is 7.05 Å². The Labute approximate surface area is 120 Å². The molecule has 0 aliphatic heterocycles. The van der Waals surface area contributed by atoms with Gasteiger partial charge in [0.05, 0.1) is 5.56 Å². The Hall–Kier alpha value is -2.03. The van der Waals surface area contributed by atoms with Gasteiger partial charge < -0.3 is 9.88 Å². The maximum absolute atomic E-state index is 12.3. The summed E-state index contributed by atoms with van der Waals surface area (Å²) in [4.78, 5) is 12.3. The van der Waals surface area contributed by atoms with E-state index in [4.69, 9.17) is 0 Å². The molecule has 0 spiro atoms. The SMILES string of the molecule is Cc1cc(C(=O)Nc2ccc(C(C)C)cc2)c(C)n1C. The van der Waals surface area contributed by atoms with Gasteiger partial charge in [-0.1, -0.05) is 26.0 Å². The van der Waals surface area contributed by atoms with Gasteiger partial charge in [0.1, 0.15) is 0 Å². The topological polar surface area (TPSA) is 34.0 Å². The van der Waals surface area contributed by atoms with E-state index in [0.717, 1.165) is 22.6 Å². The molecule has 1 aromatic heterocycles. The summed E-state index contributed by atoms with van der Waals surface area (Å²) < 4.78 is 2.02. The fourth-order valence-electron chi connectivity index (χ4n) is 2.23. The number of carbonyl (C=O) groups excluding carboxylic acids is 1. The highest BCUT2D eigenvalue weighted by atomic mass is 16.1. The number of aromatic nitrogens is 1. The number of aryl methyl sites for hydroxylation is 1. The van der Waals surface area contributed by atoms with Crippen LogP contribution >= 0.6 is 0 Å². The van der Waals surface area contributed by atoms with Gasteiger partial charge in [-0.25, -0.2) is 0 Å². The van der Waals surface area contributed by atoms with E-state index in [1.165, 1.54) is 5.56 Å². The van der Waals surface area contributed by atoms with Crippen molar-refractivity contribution in [2.45, 2.75) is 33.6 Å². The molecule has 0 bridgehead atoms. The van der Waals surface area contributed by atoms with Crippen molar-refractivity contribution in [1.82, 2.24) is 4.57 Å². The van der Waals surface area contributed by atoms with Crippen LogP contribution in [0.1, 0.15) is 47.1 Å². The smallest absolute Gasteiger partial charge is 0.257 e. The first-order chi connectivity index (χ1) is 9.40. The van der Waals surface area contributed by atoms with Crippen molar-refractivity contribution in [3.8, 4) is 0 Å². The Kier molecular flexibility index (Phi) is 3.98. The predicted molar refractivity (Wildman–Crippen MR) is 83.4 cm³/mol. The maximum Gasteiger partial charge on any atom is 0.257 e. The first-order valence-corrected chi connectivity index (χ1v) is 6.94. The molecular weight excluding hydrogens is 248 g/mol. The number of benzene rings is 1. The molecule has 1 amide bonds. The van der Waals surface area contributed by atoms with Gasteiger partial charge in [-0.15, -0.1) is 0 Å². The van der Waals surface area contributed by atoms with E-state index in [0.29, 0.717) is 5.92 Å². The maximum atomic E-state index is 12.3. The largest absolute Gasteiger partial charge is 0.351 e. The molecule has 0 atom stereocenters. The molecule has 2 rings (SSSR count). The summed E-state index contributed by atoms with van der Waals surface area (Å²) in [5.41, 5.74) is 4.91. The van der Waals surface area contributed by atoms with Crippen LogP contribution in [0.5, 0.6) is 0 Å². The van der Waals surface area contributed by atoms with Gasteiger partial charge >= 0.3 is 0 Å². The van der Waals surface area contributed by atoms with Gasteiger partial charge in [0.25, 0.3) is 5.91 Å². The second kappa shape index (κ2) is 5.53. The third-order valence-electron chi connectivity index (χ3n) is 3.86. The Bertz CT molecular complexity index is 621. The molecule has 0 fully saturated rings. The highest BCUT2D eigenvalue weighted by Gasteiger charge is 2.14. The number of nitrogens with one attached hydrogen (secondary N) is 1. The Morgan fingerprint density at radius 2 is 1.75 bits per heavy atom. The van der Waals surface area contributed by atoms with Gasteiger partial charge in [0, 0.05) is 24.1 Å². The van der Waals surface area contributed by atoms with Gasteiger partial charge in [-0.05, 0) is 43.5 Å². The van der Waals surface area contributed by atoms with Crippen LogP contribution in [0.15, 0.2) is 30.3 Å². The van der Waals surface area contributed by atoms with E-state index >= 15 is 0 Å². The molecule has 0 unspecified atom stereocenters. The van der Waals surface area contributed by atoms with Gasteiger partial charge in [-0.3, -0.25) is 4.79 Å². The van der Waals surface area contributed by atoms with E-state index in [2.05, 4.69) is 31.3 Å². The molecule has 3 heteroatoms. The van der Waals surface area contributed by atoms with Crippen molar-refractivity contribution in [2.75, 3.05) is 5.32 Å². The van der Waals surface area contributed by atoms with E-state index in [-0.39, 0.29) is 5.91 Å². The summed E-state index contributed by atoms with van der Waals surface area (Å²) in [6.45, 7) is 8.28. The molecule has 0 saturated heterocycles. The van der Waals surface area contributed by atoms with Gasteiger partial charge in [0.15, 0.2) is 0 Å². The quantitative estimate of drug-likeness (QED) is 0.898. The number of hydrogen-bond donors (Lipinski definition) is 1. The summed E-state index contributed by atoms with van der Waals surface area (Å²) >= 11 is 0. The lowest BCUT2D eigenvalue weighted by molar-refractivity contribution is 0.102. The molecule has 0 radical (unpaired) electrons. The van der Waals surface area contributed by atoms with Crippen molar-refractivity contribution < 1.29 is 4.79 Å². The minimum Gasteiger partial charge on any atom is -0.351 e. The van der Waals surface area contributed by atoms with Gasteiger partial charge in [-0.2, -0.15) is 0 Å². The van der Waals surface area contributed by atoms with Crippen molar-refractivity contribution in [1.29, 1.82) is 0 Å². The number of anilines is 1. The zero-order valence-electron chi connectivity index (χ0n) is 12.8. The molecule has 1 aromatic carbocycles. The highest BCUT2D eigenvalue weighted by Crippen LogP contribution is 2.19. The number of rotatable bonds is 3. The van der Waals surface area contributed by atoms with Crippen LogP contribution in [0.4, 0.5) is 5.69 Å². The summed E-state index contributed by atoms with van der Waals surface area (Å²) in [5.74, 6) is 0.447. The monoisotopic (exact) mass is 270 g/mol. The first kappa shape index (κ1) is 14.4. The molecular formula is C17H22N2O. The number of amides is 1. The van der Waals surface area contributed by atoms with E-state index in [1.54, 1.807) is 0 Å². The fourth-order valence-corrected chi connectivity index (χ4v) is 2.23. The lowest BCUT2D eigenvalue weighted by Gasteiger charge is -2.08. The average molecular weight is 270 g/mol. The molecule has 0 saturated carbocycles. The van der Waals surface area contributed by atoms with E-state index < -0.39 is 0 Å². The van der Waals surface area contributed by atoms with Crippen molar-refractivity contribution in [3.63, 3.8) is 0 Å². The van der Waals surface area contributed by atoms with Crippen LogP contribution in [-0.4, -0.2) is 10.5 Å². The summed E-state index contributed by atoms with van der Waals surface area (Å²) in [5, 5.41) is 2.95. The zero-order valence-corrected chi connectivity index (χ0v) is 12.8. The molecule has 1 heterocycles. The normalized spacial score (nSPS) is 10.9. The van der Waals surface area contributed by atoms with E-state index in [1.807, 2.05) is 43.7 Å². The van der Waals surface area contributed by atoms with Crippen LogP contribution in [0.2, 0.25) is 0 Å². The van der Waals surface area contributed by atoms with Crippen molar-refractivity contribution >= 4 is 11.6 Å². The van der Waals surface area contributed by atoms with Crippen LogP contribution in [0.3, 0.4) is 0 Å². The second-order valence-electron chi connectivity index (χ2n) is 5.57. The Morgan fingerprint density at radius 1 is 1.15 bits per heavy atom. The first-order valence-electron chi connectivity index (χ1n) is 6.94. The minimum absolute atomic E-state index is 0.0523. The van der Waals surface area contributed by atoms with E-state index in [9.17, 15) is 4.79 Å². The summed E-state index contributed by atoms with van der Waals surface area (Å²) in [6, 6.07) is 9.96. The minimum atomic E-state index is -0.0523. The third kappa shape index (κ3) is 2.77. The molecule has 0 aliphatic rings. The van der Waals surface area contributed by atoms with Crippen LogP contribution in [0, 0.1) is 13.8 Å². The van der Waals surface area contributed by atoms with Crippen molar-refractivity contribution in [3.05, 3.63) is 52.8 Å². The lowest BCUT2D eigenvalue weighted by Crippen LogP contribution is -2.12. The zero-order chi connectivity index (χ0) is 14.9. The molecule has 106 valence electrons. The second-order valence-corrected chi connectivity index (χ2v) is 5.57. The number of nitrogens with zero attached hydrogens (tertiary/aromatic N) is 1. The molecule has 2 aromatic rings. The average Bonchev–Trinajstić information content (AvgIpc) is 2.67. The number of hydrogen-bond acceptors (Lipinski definition) is 1. The van der Waals surface area contributed by atoms with Gasteiger partial charge in [0.2, 0.25) is 0 Å². The standard InChI is InChI=1S/C17H22N2O/c1-11(2)14-6-8-15(9-7-14)18-17(20)16-10-12(3)19(5)13(16)4/h6-11H,1-5H3,(H,18,20).